The number of nitrogens with zero attached hydrogens (tertiary/aromatic N) is 1. The number of aromatic nitrogens is 2. The van der Waals surface area contributed by atoms with E-state index in [4.69, 9.17) is 4.74 Å². The minimum Gasteiger partial charge on any atom is -0.497 e. The molecule has 2 aromatic heterocycles. The lowest BCUT2D eigenvalue weighted by Gasteiger charge is -2.07. The number of nitrogens with one attached hydrogen (secondary N) is 2. The van der Waals surface area contributed by atoms with Crippen LogP contribution in [0.2, 0.25) is 0 Å². The normalized spacial score (nSPS) is 10.7. The number of hydrogen-bond donors (Lipinski definition) is 2. The summed E-state index contributed by atoms with van der Waals surface area (Å²) in [7, 11) is 1.53. The smallest absolute Gasteiger partial charge is 0.296 e. The number of anilines is 1. The van der Waals surface area contributed by atoms with Crippen LogP contribution in [0.3, 0.4) is 0 Å². The fourth-order valence-corrected chi connectivity index (χ4v) is 3.29. The van der Waals surface area contributed by atoms with Gasteiger partial charge in [0.15, 0.2) is 0 Å². The molecule has 0 spiro atoms. The molecule has 30 heavy (non-hydrogen) atoms. The van der Waals surface area contributed by atoms with Gasteiger partial charge in [-0.15, -0.1) is 0 Å². The Hall–Kier alpha value is -4.00. The van der Waals surface area contributed by atoms with Crippen molar-refractivity contribution in [1.29, 1.82) is 0 Å². The van der Waals surface area contributed by atoms with E-state index in [9.17, 15) is 14.0 Å². The zero-order valence-corrected chi connectivity index (χ0v) is 16.1. The third-order valence-corrected chi connectivity index (χ3v) is 4.75. The van der Waals surface area contributed by atoms with Crippen molar-refractivity contribution in [3.05, 3.63) is 89.6 Å². The highest BCUT2D eigenvalue weighted by Gasteiger charge is 2.25. The summed E-state index contributed by atoms with van der Waals surface area (Å²) in [6.07, 6.45) is 3.38. The molecule has 4 rings (SSSR count). The monoisotopic (exact) mass is 403 g/mol. The maximum atomic E-state index is 13.3. The van der Waals surface area contributed by atoms with Crippen molar-refractivity contribution < 1.29 is 18.7 Å². The molecule has 0 atom stereocenters. The number of ketones is 1. The fraction of sp³-hybridized carbons (Fsp3) is 0.0870. The van der Waals surface area contributed by atoms with Crippen molar-refractivity contribution in [2.24, 2.45) is 0 Å². The van der Waals surface area contributed by atoms with Gasteiger partial charge in [-0.25, -0.2) is 4.39 Å². The first-order chi connectivity index (χ1) is 14.5. The summed E-state index contributed by atoms with van der Waals surface area (Å²) in [5, 5.41) is 3.18. The lowest BCUT2D eigenvalue weighted by atomic mass is 10.0. The van der Waals surface area contributed by atoms with Crippen molar-refractivity contribution in [2.75, 3.05) is 12.4 Å². The molecule has 0 saturated carbocycles. The number of halogens is 1. The summed E-state index contributed by atoms with van der Waals surface area (Å²) in [6, 6.07) is 14.5. The molecule has 0 aliphatic heterocycles. The Morgan fingerprint density at radius 2 is 1.80 bits per heavy atom. The number of H-pyrrole nitrogens is 1. The number of fused-ring (bicyclic) bond motifs is 1. The molecule has 0 radical (unpaired) electrons. The molecular weight excluding hydrogens is 385 g/mol. The Morgan fingerprint density at radius 3 is 2.50 bits per heavy atom. The van der Waals surface area contributed by atoms with E-state index >= 15 is 0 Å². The number of carbonyl (C=O) groups excluding carboxylic acids is 2. The molecule has 150 valence electrons. The quantitative estimate of drug-likeness (QED) is 0.375. The minimum absolute atomic E-state index is 0.264. The molecule has 6 nitrogen and oxygen atoms in total. The van der Waals surface area contributed by atoms with Crippen LogP contribution >= 0.6 is 0 Å². The van der Waals surface area contributed by atoms with Gasteiger partial charge in [-0.05, 0) is 48.0 Å². The highest BCUT2D eigenvalue weighted by atomic mass is 19.1. The van der Waals surface area contributed by atoms with Gasteiger partial charge in [0.2, 0.25) is 0 Å². The molecule has 0 aliphatic carbocycles. The van der Waals surface area contributed by atoms with Gasteiger partial charge in [-0.2, -0.15) is 0 Å². The van der Waals surface area contributed by atoms with Gasteiger partial charge < -0.3 is 15.0 Å². The van der Waals surface area contributed by atoms with E-state index in [-0.39, 0.29) is 11.4 Å². The zero-order chi connectivity index (χ0) is 21.1. The molecule has 4 aromatic rings. The van der Waals surface area contributed by atoms with Crippen LogP contribution < -0.4 is 10.1 Å². The second-order valence-corrected chi connectivity index (χ2v) is 6.71. The molecule has 0 unspecified atom stereocenters. The molecule has 7 heteroatoms. The molecule has 0 bridgehead atoms. The Morgan fingerprint density at radius 1 is 1.07 bits per heavy atom. The van der Waals surface area contributed by atoms with E-state index in [1.165, 1.54) is 31.6 Å². The topological polar surface area (TPSA) is 84.1 Å². The van der Waals surface area contributed by atoms with Gasteiger partial charge in [0, 0.05) is 41.1 Å². The van der Waals surface area contributed by atoms with Gasteiger partial charge in [-0.3, -0.25) is 14.6 Å². The Bertz CT molecular complexity index is 1220. The molecule has 0 aliphatic rings. The highest BCUT2D eigenvalue weighted by Crippen LogP contribution is 2.29. The van der Waals surface area contributed by atoms with Gasteiger partial charge in [0.25, 0.3) is 11.7 Å². The summed E-state index contributed by atoms with van der Waals surface area (Å²) in [4.78, 5) is 32.9. The van der Waals surface area contributed by atoms with E-state index < -0.39 is 11.7 Å². The number of carbonyl (C=O) groups is 2. The first-order valence-corrected chi connectivity index (χ1v) is 9.24. The first kappa shape index (κ1) is 19.3. The number of ether oxygens (including phenoxy) is 1. The SMILES string of the molecule is COc1ccc2[nH]c(Cc3ccc(F)cc3)c(C(=O)C(=O)Nc3ccncc3)c2c1. The number of methoxy groups -OCH3 is 1. The van der Waals surface area contributed by atoms with Crippen LogP contribution in [-0.2, 0) is 11.2 Å². The first-order valence-electron chi connectivity index (χ1n) is 9.24. The maximum absolute atomic E-state index is 13.3. The predicted octanol–water partition coefficient (Wildman–Crippen LogP) is 4.12. The summed E-state index contributed by atoms with van der Waals surface area (Å²) in [5.41, 5.74) is 2.81. The molecule has 2 heterocycles. The van der Waals surface area contributed by atoms with Crippen LogP contribution in [0.1, 0.15) is 21.6 Å². The predicted molar refractivity (Wildman–Crippen MR) is 111 cm³/mol. The Kier molecular flexibility index (Phi) is 5.26. The van der Waals surface area contributed by atoms with Crippen LogP contribution in [0, 0.1) is 5.82 Å². The number of hydrogen-bond acceptors (Lipinski definition) is 4. The average Bonchev–Trinajstić information content (AvgIpc) is 3.12. The maximum Gasteiger partial charge on any atom is 0.296 e. The van der Waals surface area contributed by atoms with Gasteiger partial charge in [-0.1, -0.05) is 12.1 Å². The second kappa shape index (κ2) is 8.16. The molecule has 0 saturated heterocycles. The fourth-order valence-electron chi connectivity index (χ4n) is 3.29. The van der Waals surface area contributed by atoms with Crippen molar-refractivity contribution >= 4 is 28.3 Å². The molecular formula is C23H18FN3O3. The van der Waals surface area contributed by atoms with E-state index in [0.717, 1.165) is 5.56 Å². The standard InChI is InChI=1S/C23H18FN3O3/c1-30-17-6-7-19-18(13-17)21(20(27-19)12-14-2-4-15(24)5-3-14)22(28)23(29)26-16-8-10-25-11-9-16/h2-11,13,27H,12H2,1H3,(H,25,26,29). The van der Waals surface area contributed by atoms with Crippen LogP contribution in [0.4, 0.5) is 10.1 Å². The molecule has 0 fully saturated rings. The largest absolute Gasteiger partial charge is 0.497 e. The van der Waals surface area contributed by atoms with Crippen LogP contribution in [0.15, 0.2) is 67.0 Å². The Balaban J connectivity index is 1.75. The molecule has 2 aromatic carbocycles. The number of pyridine rings is 1. The minimum atomic E-state index is -0.759. The van der Waals surface area contributed by atoms with Gasteiger partial charge >= 0.3 is 0 Å². The lowest BCUT2D eigenvalue weighted by Crippen LogP contribution is -2.23. The van der Waals surface area contributed by atoms with Crippen molar-refractivity contribution in [2.45, 2.75) is 6.42 Å². The zero-order valence-electron chi connectivity index (χ0n) is 16.1. The van der Waals surface area contributed by atoms with E-state index in [2.05, 4.69) is 15.3 Å². The third-order valence-electron chi connectivity index (χ3n) is 4.75. The van der Waals surface area contributed by atoms with Gasteiger partial charge in [0.05, 0.1) is 12.7 Å². The number of benzene rings is 2. The van der Waals surface area contributed by atoms with E-state index in [0.29, 0.717) is 34.5 Å². The average molecular weight is 403 g/mol. The highest BCUT2D eigenvalue weighted by molar-refractivity contribution is 6.48. The lowest BCUT2D eigenvalue weighted by molar-refractivity contribution is -0.112. The summed E-state index contributed by atoms with van der Waals surface area (Å²) in [6.45, 7) is 0. The number of Topliss-reactive ketones (excluding diaryl/α,β-unsaturated/α-hetero) is 1. The number of rotatable bonds is 6. The van der Waals surface area contributed by atoms with Crippen LogP contribution in [0.5, 0.6) is 5.75 Å². The second-order valence-electron chi connectivity index (χ2n) is 6.71. The Labute approximate surface area is 171 Å². The van der Waals surface area contributed by atoms with Crippen molar-refractivity contribution in [3.63, 3.8) is 0 Å². The summed E-state index contributed by atoms with van der Waals surface area (Å²) in [5.74, 6) is -1.21. The van der Waals surface area contributed by atoms with Crippen molar-refractivity contribution in [1.82, 2.24) is 9.97 Å². The summed E-state index contributed by atoms with van der Waals surface area (Å²) >= 11 is 0. The van der Waals surface area contributed by atoms with Crippen LogP contribution in [0.25, 0.3) is 10.9 Å². The molecule has 1 amide bonds. The number of aromatic amines is 1. The number of amides is 1. The van der Waals surface area contributed by atoms with Crippen molar-refractivity contribution in [3.8, 4) is 5.75 Å². The summed E-state index contributed by atoms with van der Waals surface area (Å²) < 4.78 is 18.5. The molecule has 2 N–H and O–H groups in total. The van der Waals surface area contributed by atoms with E-state index in [1.54, 1.807) is 42.5 Å². The third kappa shape index (κ3) is 3.91. The van der Waals surface area contributed by atoms with Crippen LogP contribution in [-0.4, -0.2) is 28.8 Å². The van der Waals surface area contributed by atoms with E-state index in [1.807, 2.05) is 0 Å². The van der Waals surface area contributed by atoms with Gasteiger partial charge in [0.1, 0.15) is 11.6 Å².